The van der Waals surface area contributed by atoms with E-state index in [4.69, 9.17) is 4.74 Å². The van der Waals surface area contributed by atoms with Crippen molar-refractivity contribution in [2.24, 2.45) is 0 Å². The number of rotatable bonds is 3. The Bertz CT molecular complexity index is 801. The van der Waals surface area contributed by atoms with Gasteiger partial charge in [-0.25, -0.2) is 0 Å². The molecule has 3 rings (SSSR count). The highest BCUT2D eigenvalue weighted by atomic mass is 16.5. The normalized spacial score (nSPS) is 16.4. The lowest BCUT2D eigenvalue weighted by atomic mass is 10.1. The third-order valence-electron chi connectivity index (χ3n) is 4.35. The minimum Gasteiger partial charge on any atom is -0.478 e. The van der Waals surface area contributed by atoms with Gasteiger partial charge < -0.3 is 15.0 Å². The maximum absolute atomic E-state index is 12.4. The van der Waals surface area contributed by atoms with E-state index >= 15 is 0 Å². The number of anilines is 2. The first-order valence-corrected chi connectivity index (χ1v) is 7.86. The molecule has 1 aliphatic rings. The van der Waals surface area contributed by atoms with Gasteiger partial charge in [0.2, 0.25) is 5.91 Å². The lowest BCUT2D eigenvalue weighted by Crippen LogP contribution is -2.45. The average molecular weight is 324 g/mol. The zero-order chi connectivity index (χ0) is 17.3. The fraction of sp³-hybridized carbons (Fsp3) is 0.263. The Morgan fingerprint density at radius 2 is 1.92 bits per heavy atom. The van der Waals surface area contributed by atoms with E-state index in [1.54, 1.807) is 13.1 Å². The summed E-state index contributed by atoms with van der Waals surface area (Å²) in [5.74, 6) is 0.156. The summed E-state index contributed by atoms with van der Waals surface area (Å²) < 4.78 is 5.72. The van der Waals surface area contributed by atoms with Crippen molar-refractivity contribution >= 4 is 23.2 Å². The number of amides is 2. The molecule has 0 aromatic heterocycles. The summed E-state index contributed by atoms with van der Waals surface area (Å²) in [6.07, 6.45) is -0.833. The first kappa shape index (κ1) is 16.1. The Morgan fingerprint density at radius 1 is 1.17 bits per heavy atom. The van der Waals surface area contributed by atoms with Gasteiger partial charge in [0, 0.05) is 12.7 Å². The molecule has 0 saturated heterocycles. The Morgan fingerprint density at radius 3 is 2.71 bits per heavy atom. The maximum atomic E-state index is 12.4. The number of hydrogen-bond donors (Lipinski definition) is 1. The standard InChI is InChI=1S/C19H20N2O3/c1-12-7-6-8-14(13(12)2)20-18(22)11-17-19(23)21(3)15-9-4-5-10-16(15)24-17/h4-10,17H,11H2,1-3H3,(H,20,22). The number of benzene rings is 2. The highest BCUT2D eigenvalue weighted by molar-refractivity contribution is 6.03. The van der Waals surface area contributed by atoms with Gasteiger partial charge in [0.15, 0.2) is 6.10 Å². The number of nitrogens with one attached hydrogen (secondary N) is 1. The van der Waals surface area contributed by atoms with Crippen LogP contribution in [-0.2, 0) is 9.59 Å². The van der Waals surface area contributed by atoms with Crippen molar-refractivity contribution in [3.63, 3.8) is 0 Å². The number of aryl methyl sites for hydroxylation is 1. The number of fused-ring (bicyclic) bond motifs is 1. The van der Waals surface area contributed by atoms with E-state index in [-0.39, 0.29) is 18.2 Å². The molecule has 1 aliphatic heterocycles. The lowest BCUT2D eigenvalue weighted by molar-refractivity contribution is -0.130. The van der Waals surface area contributed by atoms with Crippen LogP contribution in [0.25, 0.3) is 0 Å². The predicted octanol–water partition coefficient (Wildman–Crippen LogP) is 3.06. The molecule has 124 valence electrons. The topological polar surface area (TPSA) is 58.6 Å². The van der Waals surface area contributed by atoms with E-state index in [1.165, 1.54) is 4.90 Å². The molecule has 1 heterocycles. The maximum Gasteiger partial charge on any atom is 0.268 e. The second-order valence-corrected chi connectivity index (χ2v) is 5.97. The predicted molar refractivity (Wildman–Crippen MR) is 93.4 cm³/mol. The summed E-state index contributed by atoms with van der Waals surface area (Å²) in [5, 5.41) is 2.87. The fourth-order valence-corrected chi connectivity index (χ4v) is 2.76. The summed E-state index contributed by atoms with van der Waals surface area (Å²) in [6, 6.07) is 13.0. The highest BCUT2D eigenvalue weighted by Gasteiger charge is 2.33. The monoisotopic (exact) mass is 324 g/mol. The molecule has 0 spiro atoms. The number of nitrogens with zero attached hydrogens (tertiary/aromatic N) is 1. The number of likely N-dealkylation sites (N-methyl/N-ethyl adjacent to an activating group) is 1. The van der Waals surface area contributed by atoms with Crippen molar-refractivity contribution in [2.75, 3.05) is 17.3 Å². The van der Waals surface area contributed by atoms with Gasteiger partial charge >= 0.3 is 0 Å². The first-order valence-electron chi connectivity index (χ1n) is 7.86. The summed E-state index contributed by atoms with van der Waals surface area (Å²) in [4.78, 5) is 26.3. The number of carbonyl (C=O) groups excluding carboxylic acids is 2. The molecule has 0 aliphatic carbocycles. The molecular formula is C19H20N2O3. The van der Waals surface area contributed by atoms with Crippen LogP contribution in [-0.4, -0.2) is 25.0 Å². The van der Waals surface area contributed by atoms with Crippen LogP contribution in [0.2, 0.25) is 0 Å². The Balaban J connectivity index is 1.73. The summed E-state index contributed by atoms with van der Waals surface area (Å²) in [5.41, 5.74) is 3.60. The molecule has 0 saturated carbocycles. The summed E-state index contributed by atoms with van der Waals surface area (Å²) in [6.45, 7) is 3.95. The van der Waals surface area contributed by atoms with E-state index in [9.17, 15) is 9.59 Å². The van der Waals surface area contributed by atoms with E-state index in [0.717, 1.165) is 16.8 Å². The quantitative estimate of drug-likeness (QED) is 0.944. The molecule has 0 bridgehead atoms. The van der Waals surface area contributed by atoms with Gasteiger partial charge in [0.1, 0.15) is 5.75 Å². The number of carbonyl (C=O) groups is 2. The largest absolute Gasteiger partial charge is 0.478 e. The van der Waals surface area contributed by atoms with Gasteiger partial charge in [0.25, 0.3) is 5.91 Å². The minimum atomic E-state index is -0.810. The highest BCUT2D eigenvalue weighted by Crippen LogP contribution is 2.33. The van der Waals surface area contributed by atoms with Gasteiger partial charge in [-0.15, -0.1) is 0 Å². The van der Waals surface area contributed by atoms with Crippen molar-refractivity contribution in [1.29, 1.82) is 0 Å². The molecule has 1 N–H and O–H groups in total. The summed E-state index contributed by atoms with van der Waals surface area (Å²) >= 11 is 0. The van der Waals surface area contributed by atoms with Crippen LogP contribution in [0.5, 0.6) is 5.75 Å². The smallest absolute Gasteiger partial charge is 0.268 e. The molecule has 1 unspecified atom stereocenters. The second-order valence-electron chi connectivity index (χ2n) is 5.97. The van der Waals surface area contributed by atoms with Crippen molar-refractivity contribution in [3.8, 4) is 5.75 Å². The Kier molecular flexibility index (Phi) is 4.25. The third-order valence-corrected chi connectivity index (χ3v) is 4.35. The van der Waals surface area contributed by atoms with Crippen molar-refractivity contribution in [2.45, 2.75) is 26.4 Å². The SMILES string of the molecule is Cc1cccc(NC(=O)CC2Oc3ccccc3N(C)C2=O)c1C. The van der Waals surface area contributed by atoms with Gasteiger partial charge in [-0.05, 0) is 43.2 Å². The molecule has 5 heteroatoms. The van der Waals surface area contributed by atoms with Crippen LogP contribution in [0.4, 0.5) is 11.4 Å². The fourth-order valence-electron chi connectivity index (χ4n) is 2.76. The van der Waals surface area contributed by atoms with E-state index in [2.05, 4.69) is 5.32 Å². The molecule has 0 fully saturated rings. The van der Waals surface area contributed by atoms with E-state index in [0.29, 0.717) is 11.4 Å². The summed E-state index contributed by atoms with van der Waals surface area (Å²) in [7, 11) is 1.69. The van der Waals surface area contributed by atoms with Crippen LogP contribution < -0.4 is 15.0 Å². The van der Waals surface area contributed by atoms with Crippen LogP contribution in [0.3, 0.4) is 0 Å². The minimum absolute atomic E-state index is 0.0229. The molecule has 2 aromatic rings. The van der Waals surface area contributed by atoms with Gasteiger partial charge in [0.05, 0.1) is 12.1 Å². The number of hydrogen-bond acceptors (Lipinski definition) is 3. The number of para-hydroxylation sites is 2. The van der Waals surface area contributed by atoms with Gasteiger partial charge in [-0.2, -0.15) is 0 Å². The first-order chi connectivity index (χ1) is 11.5. The lowest BCUT2D eigenvalue weighted by Gasteiger charge is -2.31. The molecular weight excluding hydrogens is 304 g/mol. The Labute approximate surface area is 141 Å². The molecule has 5 nitrogen and oxygen atoms in total. The van der Waals surface area contributed by atoms with Crippen LogP contribution in [0.1, 0.15) is 17.5 Å². The van der Waals surface area contributed by atoms with Crippen molar-refractivity contribution < 1.29 is 14.3 Å². The van der Waals surface area contributed by atoms with Crippen molar-refractivity contribution in [3.05, 3.63) is 53.6 Å². The molecule has 2 aromatic carbocycles. The van der Waals surface area contributed by atoms with Gasteiger partial charge in [-0.3, -0.25) is 9.59 Å². The third kappa shape index (κ3) is 2.97. The molecule has 0 radical (unpaired) electrons. The van der Waals surface area contributed by atoms with E-state index in [1.807, 2.05) is 50.2 Å². The van der Waals surface area contributed by atoms with Crippen molar-refractivity contribution in [1.82, 2.24) is 0 Å². The Hall–Kier alpha value is -2.82. The van der Waals surface area contributed by atoms with E-state index < -0.39 is 6.10 Å². The molecule has 1 atom stereocenters. The zero-order valence-electron chi connectivity index (χ0n) is 14.0. The van der Waals surface area contributed by atoms with Gasteiger partial charge in [-0.1, -0.05) is 24.3 Å². The zero-order valence-corrected chi connectivity index (χ0v) is 14.0. The molecule has 24 heavy (non-hydrogen) atoms. The average Bonchev–Trinajstić information content (AvgIpc) is 2.56. The van der Waals surface area contributed by atoms with Crippen LogP contribution in [0.15, 0.2) is 42.5 Å². The molecule has 2 amide bonds. The van der Waals surface area contributed by atoms with Crippen LogP contribution >= 0.6 is 0 Å². The number of ether oxygens (including phenoxy) is 1. The van der Waals surface area contributed by atoms with Crippen LogP contribution in [0, 0.1) is 13.8 Å². The second kappa shape index (κ2) is 6.35.